The smallest absolute Gasteiger partial charge is 0.169 e. The Morgan fingerprint density at radius 3 is 2.61 bits per heavy atom. The Balaban J connectivity index is 1.54. The first kappa shape index (κ1) is 18.5. The van der Waals surface area contributed by atoms with Crippen molar-refractivity contribution in [1.82, 2.24) is 15.1 Å². The van der Waals surface area contributed by atoms with E-state index in [0.29, 0.717) is 15.9 Å². The molecular formula is C20H17Cl2N5O. The molecule has 0 amide bonds. The molecule has 2 heterocycles. The summed E-state index contributed by atoms with van der Waals surface area (Å²) in [5, 5.41) is 12.5. The lowest BCUT2D eigenvalue weighted by atomic mass is 10.1. The van der Waals surface area contributed by atoms with Crippen LogP contribution in [0.4, 0.5) is 11.6 Å². The number of nitrogens with one attached hydrogen (secondary N) is 2. The predicted molar refractivity (Wildman–Crippen MR) is 113 cm³/mol. The van der Waals surface area contributed by atoms with Gasteiger partial charge in [-0.25, -0.2) is 9.97 Å². The Bertz CT molecular complexity index is 1090. The molecule has 6 nitrogen and oxygen atoms in total. The van der Waals surface area contributed by atoms with Gasteiger partial charge in [-0.05, 0) is 36.8 Å². The van der Waals surface area contributed by atoms with Gasteiger partial charge in [0.1, 0.15) is 12.1 Å². The highest BCUT2D eigenvalue weighted by atomic mass is 35.5. The van der Waals surface area contributed by atoms with Gasteiger partial charge in [0, 0.05) is 35.1 Å². The molecule has 0 aliphatic carbocycles. The van der Waals surface area contributed by atoms with Crippen LogP contribution in [0.15, 0.2) is 59.3 Å². The van der Waals surface area contributed by atoms with Crippen LogP contribution in [0.25, 0.3) is 22.3 Å². The fraction of sp³-hybridized carbons (Fsp3) is 0.150. The number of hydrogen-bond acceptors (Lipinski definition) is 6. The molecule has 0 radical (unpaired) electrons. The predicted octanol–water partition coefficient (Wildman–Crippen LogP) is 5.51. The minimum absolute atomic E-state index is 0.519. The topological polar surface area (TPSA) is 75.9 Å². The number of halogens is 2. The largest absolute Gasteiger partial charge is 0.369 e. The molecule has 2 N–H and O–H groups in total. The van der Waals surface area contributed by atoms with E-state index in [1.54, 1.807) is 18.2 Å². The highest BCUT2D eigenvalue weighted by Gasteiger charge is 2.12. The third kappa shape index (κ3) is 4.18. The lowest BCUT2D eigenvalue weighted by Crippen LogP contribution is -2.11. The van der Waals surface area contributed by atoms with E-state index < -0.39 is 0 Å². The van der Waals surface area contributed by atoms with Gasteiger partial charge in [0.2, 0.25) is 0 Å². The van der Waals surface area contributed by atoms with Crippen LogP contribution >= 0.6 is 23.2 Å². The Kier molecular flexibility index (Phi) is 5.60. The molecule has 2 aromatic carbocycles. The fourth-order valence-electron chi connectivity index (χ4n) is 2.82. The molecule has 142 valence electrons. The molecule has 2 aromatic heterocycles. The molecule has 0 saturated heterocycles. The molecule has 0 fully saturated rings. The summed E-state index contributed by atoms with van der Waals surface area (Å²) in [6, 6.07) is 15.0. The highest BCUT2D eigenvalue weighted by molar-refractivity contribution is 6.36. The molecule has 4 aromatic rings. The summed E-state index contributed by atoms with van der Waals surface area (Å²) < 4.78 is 4.80. The molecule has 0 spiro atoms. The van der Waals surface area contributed by atoms with E-state index in [0.717, 1.165) is 47.6 Å². The van der Waals surface area contributed by atoms with Crippen molar-refractivity contribution in [3.8, 4) is 11.4 Å². The first-order chi connectivity index (χ1) is 13.7. The van der Waals surface area contributed by atoms with Gasteiger partial charge in [-0.2, -0.15) is 0 Å². The molecule has 0 bridgehead atoms. The lowest BCUT2D eigenvalue weighted by Gasteiger charge is -2.12. The Hall–Kier alpha value is -2.83. The first-order valence-electron chi connectivity index (χ1n) is 8.81. The quantitative estimate of drug-likeness (QED) is 0.389. The van der Waals surface area contributed by atoms with E-state index in [-0.39, 0.29) is 0 Å². The lowest BCUT2D eigenvalue weighted by molar-refractivity contribution is 0.422. The minimum atomic E-state index is 0.519. The summed E-state index contributed by atoms with van der Waals surface area (Å²) in [6.07, 6.45) is 2.42. The first-order valence-corrected chi connectivity index (χ1v) is 9.56. The van der Waals surface area contributed by atoms with Gasteiger partial charge >= 0.3 is 0 Å². The zero-order chi connectivity index (χ0) is 19.3. The Morgan fingerprint density at radius 2 is 1.79 bits per heavy atom. The molecule has 28 heavy (non-hydrogen) atoms. The number of para-hydroxylation sites is 1. The van der Waals surface area contributed by atoms with Crippen molar-refractivity contribution in [3.05, 3.63) is 64.8 Å². The molecule has 0 saturated carbocycles. The van der Waals surface area contributed by atoms with E-state index >= 15 is 0 Å². The monoisotopic (exact) mass is 413 g/mol. The Morgan fingerprint density at radius 1 is 0.929 bits per heavy atom. The second-order valence-corrected chi connectivity index (χ2v) is 6.97. The number of benzene rings is 2. The second kappa shape index (κ2) is 8.46. The average Bonchev–Trinajstić information content (AvgIpc) is 3.21. The molecule has 0 aliphatic heterocycles. The zero-order valence-corrected chi connectivity index (χ0v) is 16.3. The number of anilines is 2. The maximum atomic E-state index is 6.36. The summed E-state index contributed by atoms with van der Waals surface area (Å²) >= 11 is 12.4. The normalized spacial score (nSPS) is 10.9. The third-order valence-electron chi connectivity index (χ3n) is 4.17. The van der Waals surface area contributed by atoms with Crippen LogP contribution in [0.2, 0.25) is 10.0 Å². The minimum Gasteiger partial charge on any atom is -0.369 e. The van der Waals surface area contributed by atoms with Crippen molar-refractivity contribution in [2.45, 2.75) is 6.42 Å². The van der Waals surface area contributed by atoms with E-state index in [9.17, 15) is 0 Å². The average molecular weight is 414 g/mol. The summed E-state index contributed by atoms with van der Waals surface area (Å²) in [7, 11) is 0. The SMILES string of the molecule is Clc1ccc(-c2nc(NCCCNc3ccon3)c3ccccc3n2)c(Cl)c1. The number of fused-ring (bicyclic) bond motifs is 1. The van der Waals surface area contributed by atoms with Crippen LogP contribution in [-0.2, 0) is 0 Å². The van der Waals surface area contributed by atoms with Gasteiger partial charge in [-0.1, -0.05) is 40.5 Å². The standard InChI is InChI=1S/C20H17Cl2N5O/c21-13-6-7-14(16(22)12-13)20-25-17-5-2-1-4-15(17)19(26-20)24-10-3-9-23-18-8-11-28-27-18/h1-2,4-8,11-12H,3,9-10H2,(H,23,27)(H,24,25,26). The molecule has 8 heteroatoms. The van der Waals surface area contributed by atoms with E-state index in [2.05, 4.69) is 20.8 Å². The van der Waals surface area contributed by atoms with E-state index in [1.807, 2.05) is 30.3 Å². The van der Waals surface area contributed by atoms with Gasteiger partial charge in [-0.3, -0.25) is 0 Å². The highest BCUT2D eigenvalue weighted by Crippen LogP contribution is 2.31. The summed E-state index contributed by atoms with van der Waals surface area (Å²) in [5.41, 5.74) is 1.59. The zero-order valence-electron chi connectivity index (χ0n) is 14.8. The van der Waals surface area contributed by atoms with Crippen LogP contribution in [0, 0.1) is 0 Å². The molecule has 0 aliphatic rings. The van der Waals surface area contributed by atoms with Gasteiger partial charge < -0.3 is 15.2 Å². The maximum Gasteiger partial charge on any atom is 0.169 e. The van der Waals surface area contributed by atoms with E-state index in [1.165, 1.54) is 6.26 Å². The molecular weight excluding hydrogens is 397 g/mol. The van der Waals surface area contributed by atoms with Crippen LogP contribution in [-0.4, -0.2) is 28.2 Å². The van der Waals surface area contributed by atoms with E-state index in [4.69, 9.17) is 32.7 Å². The van der Waals surface area contributed by atoms with Crippen LogP contribution in [0.3, 0.4) is 0 Å². The van der Waals surface area contributed by atoms with Gasteiger partial charge in [0.25, 0.3) is 0 Å². The molecule has 0 unspecified atom stereocenters. The second-order valence-electron chi connectivity index (χ2n) is 6.13. The van der Waals surface area contributed by atoms with Gasteiger partial charge in [-0.15, -0.1) is 0 Å². The maximum absolute atomic E-state index is 6.36. The third-order valence-corrected chi connectivity index (χ3v) is 4.71. The Labute approximate surface area is 171 Å². The molecule has 4 rings (SSSR count). The molecule has 0 atom stereocenters. The number of nitrogens with zero attached hydrogens (tertiary/aromatic N) is 3. The van der Waals surface area contributed by atoms with Gasteiger partial charge in [0.15, 0.2) is 11.6 Å². The van der Waals surface area contributed by atoms with Crippen molar-refractivity contribution < 1.29 is 4.52 Å². The number of rotatable bonds is 7. The van der Waals surface area contributed by atoms with Crippen molar-refractivity contribution in [2.75, 3.05) is 23.7 Å². The van der Waals surface area contributed by atoms with Crippen molar-refractivity contribution >= 4 is 45.7 Å². The fourth-order valence-corrected chi connectivity index (χ4v) is 3.31. The van der Waals surface area contributed by atoms with Crippen molar-refractivity contribution in [1.29, 1.82) is 0 Å². The van der Waals surface area contributed by atoms with Crippen molar-refractivity contribution in [2.24, 2.45) is 0 Å². The summed E-state index contributed by atoms with van der Waals surface area (Å²) in [6.45, 7) is 1.50. The van der Waals surface area contributed by atoms with Crippen LogP contribution in [0.1, 0.15) is 6.42 Å². The van der Waals surface area contributed by atoms with Gasteiger partial charge in [0.05, 0.1) is 10.5 Å². The number of aromatic nitrogens is 3. The summed E-state index contributed by atoms with van der Waals surface area (Å²) in [5.74, 6) is 2.06. The number of hydrogen-bond donors (Lipinski definition) is 2. The van der Waals surface area contributed by atoms with Crippen LogP contribution < -0.4 is 10.6 Å². The van der Waals surface area contributed by atoms with Crippen molar-refractivity contribution in [3.63, 3.8) is 0 Å². The summed E-state index contributed by atoms with van der Waals surface area (Å²) in [4.78, 5) is 9.38. The van der Waals surface area contributed by atoms with Crippen LogP contribution in [0.5, 0.6) is 0 Å².